The molecule has 2 amide bonds. The van der Waals surface area contributed by atoms with Crippen molar-refractivity contribution >= 4 is 28.8 Å². The molecule has 2 aliphatic heterocycles. The van der Waals surface area contributed by atoms with E-state index in [1.165, 1.54) is 10.5 Å². The predicted molar refractivity (Wildman–Crippen MR) is 116 cm³/mol. The normalized spacial score (nSPS) is 15.8. The topological polar surface area (TPSA) is 49.9 Å². The number of benzene rings is 3. The van der Waals surface area contributed by atoms with Crippen LogP contribution in [-0.4, -0.2) is 25.5 Å². The van der Waals surface area contributed by atoms with Crippen LogP contribution in [0.15, 0.2) is 84.6 Å². The van der Waals surface area contributed by atoms with Crippen LogP contribution in [0.1, 0.15) is 11.1 Å². The van der Waals surface area contributed by atoms with E-state index in [1.54, 1.807) is 31.4 Å². The molecule has 0 N–H and O–H groups in total. The summed E-state index contributed by atoms with van der Waals surface area (Å²) in [5.41, 5.74) is 4.31. The zero-order valence-corrected chi connectivity index (χ0v) is 16.5. The van der Waals surface area contributed by atoms with E-state index in [9.17, 15) is 9.59 Å². The summed E-state index contributed by atoms with van der Waals surface area (Å²) in [6.45, 7) is 0.667. The molecule has 0 fully saturated rings. The Morgan fingerprint density at radius 1 is 0.800 bits per heavy atom. The molecule has 0 radical (unpaired) electrons. The average molecular weight is 396 g/mol. The highest BCUT2D eigenvalue weighted by Crippen LogP contribution is 2.40. The zero-order valence-electron chi connectivity index (χ0n) is 16.5. The minimum absolute atomic E-state index is 0.305. The van der Waals surface area contributed by atoms with E-state index < -0.39 is 0 Å². The Bertz CT molecular complexity index is 1170. The lowest BCUT2D eigenvalue weighted by Crippen LogP contribution is -2.34. The molecule has 2 heterocycles. The number of hydrogen-bond donors (Lipinski definition) is 0. The van der Waals surface area contributed by atoms with Crippen LogP contribution in [-0.2, 0) is 16.0 Å². The molecule has 3 aromatic rings. The monoisotopic (exact) mass is 396 g/mol. The Hall–Kier alpha value is -3.86. The maximum atomic E-state index is 13.6. The fourth-order valence-corrected chi connectivity index (χ4v) is 4.17. The van der Waals surface area contributed by atoms with Crippen LogP contribution in [0.5, 0.6) is 5.75 Å². The SMILES string of the molecule is COc1ccc(N2C(=O)C(c3ccccc3)=C(N3CCc4ccccc43)C2=O)cc1. The standard InChI is InChI=1S/C25H20N2O3/c1-30-20-13-11-19(12-14-20)27-24(28)22(18-8-3-2-4-9-18)23(25(27)29)26-16-15-17-7-5-6-10-21(17)26/h2-14H,15-16H2,1H3. The number of nitrogens with zero attached hydrogens (tertiary/aromatic N) is 2. The summed E-state index contributed by atoms with van der Waals surface area (Å²) in [4.78, 5) is 30.4. The van der Waals surface area contributed by atoms with E-state index >= 15 is 0 Å². The maximum absolute atomic E-state index is 13.6. The van der Waals surface area contributed by atoms with Crippen LogP contribution in [0.25, 0.3) is 5.57 Å². The molecular formula is C25H20N2O3. The second-order valence-corrected chi connectivity index (χ2v) is 7.26. The molecule has 0 bridgehead atoms. The number of anilines is 2. The number of ether oxygens (including phenoxy) is 1. The van der Waals surface area contributed by atoms with Crippen LogP contribution < -0.4 is 14.5 Å². The van der Waals surface area contributed by atoms with Gasteiger partial charge in [-0.2, -0.15) is 0 Å². The highest BCUT2D eigenvalue weighted by atomic mass is 16.5. The molecule has 0 atom stereocenters. The third kappa shape index (κ3) is 2.78. The van der Waals surface area contributed by atoms with E-state index in [0.717, 1.165) is 17.7 Å². The summed E-state index contributed by atoms with van der Waals surface area (Å²) < 4.78 is 5.21. The van der Waals surface area contributed by atoms with Crippen molar-refractivity contribution in [2.45, 2.75) is 6.42 Å². The van der Waals surface area contributed by atoms with Crippen molar-refractivity contribution < 1.29 is 14.3 Å². The highest BCUT2D eigenvalue weighted by Gasteiger charge is 2.44. The Balaban J connectivity index is 1.65. The van der Waals surface area contributed by atoms with Crippen molar-refractivity contribution in [3.8, 4) is 5.75 Å². The largest absolute Gasteiger partial charge is 0.497 e. The zero-order chi connectivity index (χ0) is 20.7. The summed E-state index contributed by atoms with van der Waals surface area (Å²) >= 11 is 0. The molecule has 0 aliphatic carbocycles. The van der Waals surface area contributed by atoms with E-state index in [2.05, 4.69) is 6.07 Å². The number of amides is 2. The van der Waals surface area contributed by atoms with Crippen molar-refractivity contribution in [3.63, 3.8) is 0 Å². The number of fused-ring (bicyclic) bond motifs is 1. The lowest BCUT2D eigenvalue weighted by atomic mass is 10.0. The molecule has 0 saturated heterocycles. The van der Waals surface area contributed by atoms with Gasteiger partial charge in [-0.25, -0.2) is 4.90 Å². The Kier molecular flexibility index (Phi) is 4.36. The molecule has 0 spiro atoms. The van der Waals surface area contributed by atoms with E-state index in [4.69, 9.17) is 4.74 Å². The quantitative estimate of drug-likeness (QED) is 0.625. The molecule has 148 valence electrons. The number of rotatable bonds is 4. The van der Waals surface area contributed by atoms with E-state index in [-0.39, 0.29) is 11.8 Å². The second-order valence-electron chi connectivity index (χ2n) is 7.26. The summed E-state index contributed by atoms with van der Waals surface area (Å²) in [5, 5.41) is 0. The number of para-hydroxylation sites is 1. The van der Waals surface area contributed by atoms with Gasteiger partial charge in [-0.15, -0.1) is 0 Å². The van der Waals surface area contributed by atoms with E-state index in [1.807, 2.05) is 53.4 Å². The minimum Gasteiger partial charge on any atom is -0.497 e. The fraction of sp³-hybridized carbons (Fsp3) is 0.120. The first kappa shape index (κ1) is 18.2. The number of hydrogen-bond acceptors (Lipinski definition) is 4. The summed E-state index contributed by atoms with van der Waals surface area (Å²) in [6.07, 6.45) is 0.839. The summed E-state index contributed by atoms with van der Waals surface area (Å²) in [6, 6.07) is 24.4. The van der Waals surface area contributed by atoms with Gasteiger partial charge in [-0.3, -0.25) is 9.59 Å². The highest BCUT2D eigenvalue weighted by molar-refractivity contribution is 6.46. The number of methoxy groups -OCH3 is 1. The Morgan fingerprint density at radius 3 is 2.23 bits per heavy atom. The number of carbonyl (C=O) groups is 2. The smallest absolute Gasteiger partial charge is 0.282 e. The fourth-order valence-electron chi connectivity index (χ4n) is 4.17. The van der Waals surface area contributed by atoms with Crippen molar-refractivity contribution in [3.05, 3.63) is 95.7 Å². The van der Waals surface area contributed by atoms with Gasteiger partial charge in [-0.1, -0.05) is 48.5 Å². The summed E-state index contributed by atoms with van der Waals surface area (Å²) in [5.74, 6) is 0.0549. The van der Waals surface area contributed by atoms with Crippen molar-refractivity contribution in [2.75, 3.05) is 23.5 Å². The van der Waals surface area contributed by atoms with Gasteiger partial charge in [0.2, 0.25) is 0 Å². The summed E-state index contributed by atoms with van der Waals surface area (Å²) in [7, 11) is 1.58. The van der Waals surface area contributed by atoms with Crippen molar-refractivity contribution in [2.24, 2.45) is 0 Å². The van der Waals surface area contributed by atoms with Crippen LogP contribution in [0.4, 0.5) is 11.4 Å². The van der Waals surface area contributed by atoms with Crippen molar-refractivity contribution in [1.82, 2.24) is 0 Å². The molecule has 3 aromatic carbocycles. The average Bonchev–Trinajstić information content (AvgIpc) is 3.32. The van der Waals surface area contributed by atoms with Gasteiger partial charge in [-0.05, 0) is 47.9 Å². The molecule has 0 aromatic heterocycles. The van der Waals surface area contributed by atoms with Crippen LogP contribution in [0.3, 0.4) is 0 Å². The third-order valence-corrected chi connectivity index (χ3v) is 5.61. The Morgan fingerprint density at radius 2 is 1.50 bits per heavy atom. The first-order valence-electron chi connectivity index (χ1n) is 9.87. The molecule has 30 heavy (non-hydrogen) atoms. The van der Waals surface area contributed by atoms with Gasteiger partial charge < -0.3 is 9.64 Å². The van der Waals surface area contributed by atoms with Gasteiger partial charge >= 0.3 is 0 Å². The number of imide groups is 1. The molecule has 0 unspecified atom stereocenters. The first-order chi connectivity index (χ1) is 14.7. The lowest BCUT2D eigenvalue weighted by molar-refractivity contribution is -0.120. The molecule has 5 heteroatoms. The van der Waals surface area contributed by atoms with Gasteiger partial charge in [0.15, 0.2) is 0 Å². The molecule has 5 rings (SSSR count). The minimum atomic E-state index is -0.309. The van der Waals surface area contributed by atoms with Gasteiger partial charge in [0, 0.05) is 12.2 Å². The molecular weight excluding hydrogens is 376 g/mol. The third-order valence-electron chi connectivity index (χ3n) is 5.61. The van der Waals surface area contributed by atoms with Crippen LogP contribution in [0, 0.1) is 0 Å². The second kappa shape index (κ2) is 7.19. The Labute approximate surface area is 174 Å². The van der Waals surface area contributed by atoms with Gasteiger partial charge in [0.05, 0.1) is 18.4 Å². The van der Waals surface area contributed by atoms with Crippen molar-refractivity contribution in [1.29, 1.82) is 0 Å². The number of carbonyl (C=O) groups excluding carboxylic acids is 2. The molecule has 2 aliphatic rings. The van der Waals surface area contributed by atoms with Crippen LogP contribution in [0.2, 0.25) is 0 Å². The first-order valence-corrected chi connectivity index (χ1v) is 9.87. The van der Waals surface area contributed by atoms with E-state index in [0.29, 0.717) is 29.3 Å². The van der Waals surface area contributed by atoms with Crippen LogP contribution >= 0.6 is 0 Å². The maximum Gasteiger partial charge on any atom is 0.282 e. The molecule has 0 saturated carbocycles. The van der Waals surface area contributed by atoms with Gasteiger partial charge in [0.25, 0.3) is 11.8 Å². The lowest BCUT2D eigenvalue weighted by Gasteiger charge is -2.22. The van der Waals surface area contributed by atoms with Gasteiger partial charge in [0.1, 0.15) is 11.4 Å². The predicted octanol–water partition coefficient (Wildman–Crippen LogP) is 4.04. The molecule has 5 nitrogen and oxygen atoms in total.